The normalized spacial score (nSPS) is 10.2. The Balaban J connectivity index is 2.33. The Hall–Kier alpha value is -2.28. The monoisotopic (exact) mass is 355 g/mol. The van der Waals surface area contributed by atoms with Gasteiger partial charge in [0.1, 0.15) is 11.6 Å². The Bertz CT molecular complexity index is 714. The molecule has 0 heterocycles. The standard InChI is InChI=1S/C14H8BrF2NO3/c15-8-1-2-12(11(5-8)14(20)21)18-13(19)7-3-9(16)6-10(17)4-7/h1-6H,(H,18,19)(H,20,21). The summed E-state index contributed by atoms with van der Waals surface area (Å²) in [6, 6.07) is 6.58. The molecule has 0 spiro atoms. The smallest absolute Gasteiger partial charge is 0.337 e. The molecule has 2 aromatic carbocycles. The van der Waals surface area contributed by atoms with Gasteiger partial charge in [0.15, 0.2) is 0 Å². The summed E-state index contributed by atoms with van der Waals surface area (Å²) in [5.41, 5.74) is -0.360. The third kappa shape index (κ3) is 3.63. The van der Waals surface area contributed by atoms with Gasteiger partial charge < -0.3 is 10.4 Å². The molecule has 0 saturated heterocycles. The van der Waals surface area contributed by atoms with E-state index in [1.807, 2.05) is 0 Å². The van der Waals surface area contributed by atoms with E-state index >= 15 is 0 Å². The summed E-state index contributed by atoms with van der Waals surface area (Å²) in [6.45, 7) is 0. The number of carboxylic acid groups (broad SMARTS) is 1. The second kappa shape index (κ2) is 6.01. The maximum absolute atomic E-state index is 13.1. The van der Waals surface area contributed by atoms with Gasteiger partial charge in [-0.15, -0.1) is 0 Å². The molecular formula is C14H8BrF2NO3. The third-order valence-corrected chi connectivity index (χ3v) is 3.08. The fraction of sp³-hybridized carbons (Fsp3) is 0. The molecule has 2 rings (SSSR count). The number of anilines is 1. The van der Waals surface area contributed by atoms with Gasteiger partial charge in [-0.3, -0.25) is 4.79 Å². The molecule has 0 aliphatic heterocycles. The van der Waals surface area contributed by atoms with Gasteiger partial charge in [0.2, 0.25) is 0 Å². The summed E-state index contributed by atoms with van der Waals surface area (Å²) in [7, 11) is 0. The fourth-order valence-electron chi connectivity index (χ4n) is 1.68. The molecule has 7 heteroatoms. The molecule has 108 valence electrons. The molecule has 0 aromatic heterocycles. The van der Waals surface area contributed by atoms with Crippen molar-refractivity contribution in [2.24, 2.45) is 0 Å². The van der Waals surface area contributed by atoms with Crippen molar-refractivity contribution in [3.05, 3.63) is 63.6 Å². The molecule has 4 nitrogen and oxygen atoms in total. The molecule has 21 heavy (non-hydrogen) atoms. The third-order valence-electron chi connectivity index (χ3n) is 2.58. The molecule has 2 N–H and O–H groups in total. The van der Waals surface area contributed by atoms with Crippen LogP contribution >= 0.6 is 15.9 Å². The average Bonchev–Trinajstić information content (AvgIpc) is 2.39. The number of amides is 1. The average molecular weight is 356 g/mol. The van der Waals surface area contributed by atoms with E-state index < -0.39 is 23.5 Å². The van der Waals surface area contributed by atoms with Crippen LogP contribution < -0.4 is 5.32 Å². The van der Waals surface area contributed by atoms with E-state index in [4.69, 9.17) is 5.11 Å². The summed E-state index contributed by atoms with van der Waals surface area (Å²) in [5.74, 6) is -3.83. The van der Waals surface area contributed by atoms with Gasteiger partial charge in [-0.1, -0.05) is 15.9 Å². The molecule has 0 fully saturated rings. The second-order valence-corrected chi connectivity index (χ2v) is 5.02. The predicted octanol–water partition coefficient (Wildman–Crippen LogP) is 3.68. The Labute approximate surface area is 126 Å². The maximum atomic E-state index is 13.1. The van der Waals surface area contributed by atoms with Crippen LogP contribution in [0.25, 0.3) is 0 Å². The number of carboxylic acids is 1. The van der Waals surface area contributed by atoms with Gasteiger partial charge in [0.25, 0.3) is 5.91 Å². The minimum Gasteiger partial charge on any atom is -0.478 e. The molecule has 2 aromatic rings. The Kier molecular flexibility index (Phi) is 4.32. The Morgan fingerprint density at radius 3 is 2.24 bits per heavy atom. The molecule has 0 unspecified atom stereocenters. The molecule has 0 bridgehead atoms. The highest BCUT2D eigenvalue weighted by atomic mass is 79.9. The first-order valence-corrected chi connectivity index (χ1v) is 6.46. The molecule has 1 amide bonds. The van der Waals surface area contributed by atoms with Crippen LogP contribution in [0.1, 0.15) is 20.7 Å². The second-order valence-electron chi connectivity index (χ2n) is 4.11. The van der Waals surface area contributed by atoms with Gasteiger partial charge in [-0.25, -0.2) is 13.6 Å². The van der Waals surface area contributed by atoms with Gasteiger partial charge in [-0.05, 0) is 30.3 Å². The largest absolute Gasteiger partial charge is 0.478 e. The highest BCUT2D eigenvalue weighted by Gasteiger charge is 2.15. The summed E-state index contributed by atoms with van der Waals surface area (Å²) in [6.07, 6.45) is 0. The van der Waals surface area contributed by atoms with E-state index in [1.165, 1.54) is 18.2 Å². The summed E-state index contributed by atoms with van der Waals surface area (Å²) >= 11 is 3.12. The van der Waals surface area contributed by atoms with Crippen LogP contribution in [0.2, 0.25) is 0 Å². The van der Waals surface area contributed by atoms with Crippen molar-refractivity contribution in [2.75, 3.05) is 5.32 Å². The van der Waals surface area contributed by atoms with E-state index in [-0.39, 0.29) is 16.8 Å². The number of halogens is 3. The SMILES string of the molecule is O=C(Nc1ccc(Br)cc1C(=O)O)c1cc(F)cc(F)c1. The number of benzene rings is 2. The van der Waals surface area contributed by atoms with Crippen LogP contribution in [0.3, 0.4) is 0 Å². The number of nitrogens with one attached hydrogen (secondary N) is 1. The Morgan fingerprint density at radius 1 is 1.05 bits per heavy atom. The zero-order valence-corrected chi connectivity index (χ0v) is 11.9. The van der Waals surface area contributed by atoms with Crippen LogP contribution in [0.5, 0.6) is 0 Å². The van der Waals surface area contributed by atoms with Gasteiger partial charge in [0, 0.05) is 16.1 Å². The van der Waals surface area contributed by atoms with Crippen molar-refractivity contribution < 1.29 is 23.5 Å². The number of carbonyl (C=O) groups is 2. The van der Waals surface area contributed by atoms with E-state index in [9.17, 15) is 18.4 Å². The van der Waals surface area contributed by atoms with E-state index in [0.29, 0.717) is 10.5 Å². The minimum atomic E-state index is -1.24. The van der Waals surface area contributed by atoms with Crippen molar-refractivity contribution in [3.63, 3.8) is 0 Å². The Morgan fingerprint density at radius 2 is 1.67 bits per heavy atom. The van der Waals surface area contributed by atoms with Crippen molar-refractivity contribution in [2.45, 2.75) is 0 Å². The molecule has 0 aliphatic rings. The lowest BCUT2D eigenvalue weighted by Gasteiger charge is -2.09. The number of carbonyl (C=O) groups excluding carboxylic acids is 1. The fourth-order valence-corrected chi connectivity index (χ4v) is 2.04. The summed E-state index contributed by atoms with van der Waals surface area (Å²) < 4.78 is 26.7. The first-order chi connectivity index (χ1) is 9.86. The lowest BCUT2D eigenvalue weighted by atomic mass is 10.1. The highest BCUT2D eigenvalue weighted by Crippen LogP contribution is 2.22. The van der Waals surface area contributed by atoms with Crippen LogP contribution in [0.4, 0.5) is 14.5 Å². The van der Waals surface area contributed by atoms with E-state index in [2.05, 4.69) is 21.2 Å². The van der Waals surface area contributed by atoms with Crippen molar-refractivity contribution in [1.29, 1.82) is 0 Å². The van der Waals surface area contributed by atoms with Crippen LogP contribution in [-0.4, -0.2) is 17.0 Å². The zero-order chi connectivity index (χ0) is 15.6. The van der Waals surface area contributed by atoms with Gasteiger partial charge >= 0.3 is 5.97 Å². The van der Waals surface area contributed by atoms with Crippen molar-refractivity contribution in [1.82, 2.24) is 0 Å². The molecular weight excluding hydrogens is 348 g/mol. The lowest BCUT2D eigenvalue weighted by Crippen LogP contribution is -2.15. The molecule has 0 atom stereocenters. The first kappa shape index (κ1) is 15.1. The lowest BCUT2D eigenvalue weighted by molar-refractivity contribution is 0.0698. The summed E-state index contributed by atoms with van der Waals surface area (Å²) in [4.78, 5) is 23.0. The van der Waals surface area contributed by atoms with Gasteiger partial charge in [0.05, 0.1) is 11.3 Å². The van der Waals surface area contributed by atoms with Gasteiger partial charge in [-0.2, -0.15) is 0 Å². The minimum absolute atomic E-state index is 0.0281. The quantitative estimate of drug-likeness (QED) is 0.882. The topological polar surface area (TPSA) is 66.4 Å². The predicted molar refractivity (Wildman–Crippen MR) is 75.4 cm³/mol. The van der Waals surface area contributed by atoms with Crippen molar-refractivity contribution in [3.8, 4) is 0 Å². The maximum Gasteiger partial charge on any atom is 0.337 e. The van der Waals surface area contributed by atoms with E-state index in [0.717, 1.165) is 12.1 Å². The molecule has 0 radical (unpaired) electrons. The molecule has 0 saturated carbocycles. The van der Waals surface area contributed by atoms with Crippen LogP contribution in [-0.2, 0) is 0 Å². The highest BCUT2D eigenvalue weighted by molar-refractivity contribution is 9.10. The summed E-state index contributed by atoms with van der Waals surface area (Å²) in [5, 5.41) is 11.4. The zero-order valence-electron chi connectivity index (χ0n) is 10.4. The van der Waals surface area contributed by atoms with Crippen LogP contribution in [0.15, 0.2) is 40.9 Å². The van der Waals surface area contributed by atoms with Crippen molar-refractivity contribution >= 4 is 33.5 Å². The number of hydrogen-bond acceptors (Lipinski definition) is 2. The number of rotatable bonds is 3. The molecule has 0 aliphatic carbocycles. The first-order valence-electron chi connectivity index (χ1n) is 5.67. The van der Waals surface area contributed by atoms with E-state index in [1.54, 1.807) is 0 Å². The van der Waals surface area contributed by atoms with Crippen LogP contribution in [0, 0.1) is 11.6 Å². The number of hydrogen-bond donors (Lipinski definition) is 2. The number of aromatic carboxylic acids is 1.